The summed E-state index contributed by atoms with van der Waals surface area (Å²) in [6, 6.07) is 11.6. The minimum atomic E-state index is 0.536. The molecule has 78 valence electrons. The molecule has 0 spiro atoms. The second-order valence-electron chi connectivity index (χ2n) is 4.45. The predicted octanol–water partition coefficient (Wildman–Crippen LogP) is 2.35. The van der Waals surface area contributed by atoms with Gasteiger partial charge in [-0.3, -0.25) is 4.99 Å². The molecule has 2 aliphatic rings. The summed E-state index contributed by atoms with van der Waals surface area (Å²) < 4.78 is 0. The molecule has 1 N–H and O–H groups in total. The van der Waals surface area contributed by atoms with Crippen LogP contribution >= 0.6 is 0 Å². The second kappa shape index (κ2) is 3.69. The fraction of sp³-hybridized carbons (Fsp3) is 0.462. The van der Waals surface area contributed by atoms with Crippen LogP contribution < -0.4 is 5.32 Å². The molecule has 0 aromatic heterocycles. The summed E-state index contributed by atoms with van der Waals surface area (Å²) in [5.41, 5.74) is 1.23. The number of aliphatic imine (C=N–C) groups is 1. The molecule has 1 saturated carbocycles. The summed E-state index contributed by atoms with van der Waals surface area (Å²) in [4.78, 5) is 4.79. The maximum absolute atomic E-state index is 4.79. The lowest BCUT2D eigenvalue weighted by molar-refractivity contribution is 0.385. The van der Waals surface area contributed by atoms with Gasteiger partial charge < -0.3 is 5.32 Å². The van der Waals surface area contributed by atoms with Crippen molar-refractivity contribution in [3.63, 3.8) is 0 Å². The van der Waals surface area contributed by atoms with Crippen LogP contribution in [0.4, 0.5) is 0 Å². The van der Waals surface area contributed by atoms with Gasteiger partial charge >= 0.3 is 0 Å². The third-order valence-corrected chi connectivity index (χ3v) is 3.39. The lowest BCUT2D eigenvalue weighted by Gasteiger charge is -2.23. The zero-order valence-corrected chi connectivity index (χ0v) is 8.82. The Bertz CT molecular complexity index is 369. The van der Waals surface area contributed by atoms with Gasteiger partial charge in [-0.15, -0.1) is 0 Å². The van der Waals surface area contributed by atoms with E-state index in [-0.39, 0.29) is 0 Å². The second-order valence-corrected chi connectivity index (χ2v) is 4.45. The Kier molecular flexibility index (Phi) is 2.20. The van der Waals surface area contributed by atoms with E-state index in [1.165, 1.54) is 31.2 Å². The lowest BCUT2D eigenvalue weighted by atomic mass is 9.92. The van der Waals surface area contributed by atoms with Crippen LogP contribution in [0.25, 0.3) is 0 Å². The van der Waals surface area contributed by atoms with Crippen molar-refractivity contribution in [3.05, 3.63) is 35.9 Å². The predicted molar refractivity (Wildman–Crippen MR) is 62.2 cm³/mol. The van der Waals surface area contributed by atoms with Crippen LogP contribution in [0, 0.1) is 0 Å². The molecular weight excluding hydrogens is 184 g/mol. The average Bonchev–Trinajstić information content (AvgIpc) is 2.74. The third kappa shape index (κ3) is 1.65. The van der Waals surface area contributed by atoms with Crippen LogP contribution in [0.15, 0.2) is 35.3 Å². The maximum atomic E-state index is 4.79. The molecule has 0 saturated heterocycles. The highest BCUT2D eigenvalue weighted by Crippen LogP contribution is 2.25. The highest BCUT2D eigenvalue weighted by atomic mass is 15.1. The van der Waals surface area contributed by atoms with Crippen molar-refractivity contribution in [3.8, 4) is 0 Å². The Labute approximate surface area is 90.4 Å². The summed E-state index contributed by atoms with van der Waals surface area (Å²) in [6.45, 7) is 0. The molecule has 0 radical (unpaired) electrons. The smallest absolute Gasteiger partial charge is 0.128 e. The standard InChI is InChI=1S/C13H16N2/c1-2-6-10(7-3-1)13-14-11-8-4-5-9-12(11)15-13/h1-3,6-7,11-12H,4-5,8-9H2,(H,14,15)/t11-,12+. The minimum absolute atomic E-state index is 0.536. The van der Waals surface area contributed by atoms with E-state index in [1.54, 1.807) is 0 Å². The van der Waals surface area contributed by atoms with Crippen LogP contribution in [0.5, 0.6) is 0 Å². The average molecular weight is 200 g/mol. The molecular formula is C13H16N2. The fourth-order valence-electron chi connectivity index (χ4n) is 2.57. The van der Waals surface area contributed by atoms with Gasteiger partial charge in [0.25, 0.3) is 0 Å². The minimum Gasteiger partial charge on any atom is -0.365 e. The summed E-state index contributed by atoms with van der Waals surface area (Å²) in [6.07, 6.45) is 5.23. The van der Waals surface area contributed by atoms with E-state index in [2.05, 4.69) is 29.6 Å². The van der Waals surface area contributed by atoms with E-state index in [0.29, 0.717) is 12.1 Å². The van der Waals surface area contributed by atoms with Gasteiger partial charge in [0, 0.05) is 11.6 Å². The number of hydrogen-bond donors (Lipinski definition) is 1. The molecule has 0 amide bonds. The molecule has 2 nitrogen and oxygen atoms in total. The van der Waals surface area contributed by atoms with Crippen LogP contribution in [0.1, 0.15) is 31.2 Å². The molecule has 3 rings (SSSR count). The first-order valence-electron chi connectivity index (χ1n) is 5.83. The largest absolute Gasteiger partial charge is 0.365 e. The number of hydrogen-bond acceptors (Lipinski definition) is 2. The van der Waals surface area contributed by atoms with Crippen molar-refractivity contribution in [2.75, 3.05) is 0 Å². The molecule has 1 aliphatic carbocycles. The molecule has 1 aliphatic heterocycles. The van der Waals surface area contributed by atoms with Gasteiger partial charge in [0.1, 0.15) is 5.84 Å². The van der Waals surface area contributed by atoms with Crippen LogP contribution in [0.3, 0.4) is 0 Å². The third-order valence-electron chi connectivity index (χ3n) is 3.39. The van der Waals surface area contributed by atoms with E-state index in [9.17, 15) is 0 Å². The quantitative estimate of drug-likeness (QED) is 0.739. The highest BCUT2D eigenvalue weighted by molar-refractivity contribution is 6.00. The van der Waals surface area contributed by atoms with Gasteiger partial charge in [-0.25, -0.2) is 0 Å². The molecule has 0 bridgehead atoms. The van der Waals surface area contributed by atoms with Crippen LogP contribution in [-0.4, -0.2) is 17.9 Å². The molecule has 1 aromatic rings. The fourth-order valence-corrected chi connectivity index (χ4v) is 2.57. The van der Waals surface area contributed by atoms with Crippen molar-refractivity contribution < 1.29 is 0 Å². The molecule has 2 heteroatoms. The Morgan fingerprint density at radius 3 is 2.67 bits per heavy atom. The van der Waals surface area contributed by atoms with E-state index in [4.69, 9.17) is 4.99 Å². The van der Waals surface area contributed by atoms with Crippen LogP contribution in [-0.2, 0) is 0 Å². The summed E-state index contributed by atoms with van der Waals surface area (Å²) >= 11 is 0. The van der Waals surface area contributed by atoms with Crippen molar-refractivity contribution >= 4 is 5.84 Å². The van der Waals surface area contributed by atoms with Gasteiger partial charge in [0.05, 0.1) is 6.04 Å². The van der Waals surface area contributed by atoms with E-state index >= 15 is 0 Å². The van der Waals surface area contributed by atoms with Gasteiger partial charge in [-0.05, 0) is 12.8 Å². The zero-order valence-electron chi connectivity index (χ0n) is 8.82. The van der Waals surface area contributed by atoms with E-state index in [1.807, 2.05) is 6.07 Å². The van der Waals surface area contributed by atoms with Crippen molar-refractivity contribution in [2.45, 2.75) is 37.8 Å². The normalized spacial score (nSPS) is 29.2. The summed E-state index contributed by atoms with van der Waals surface area (Å²) in [5.74, 6) is 1.10. The van der Waals surface area contributed by atoms with E-state index < -0.39 is 0 Å². The van der Waals surface area contributed by atoms with Crippen LogP contribution in [0.2, 0.25) is 0 Å². The SMILES string of the molecule is c1ccc(C2=N[C@@H]3CCCC[C@@H]3N2)cc1. The molecule has 15 heavy (non-hydrogen) atoms. The summed E-state index contributed by atoms with van der Waals surface area (Å²) in [5, 5.41) is 3.56. The van der Waals surface area contributed by atoms with Gasteiger partial charge in [0.15, 0.2) is 0 Å². The Morgan fingerprint density at radius 2 is 1.87 bits per heavy atom. The molecule has 2 atom stereocenters. The summed E-state index contributed by atoms with van der Waals surface area (Å²) in [7, 11) is 0. The van der Waals surface area contributed by atoms with E-state index in [0.717, 1.165) is 5.84 Å². The number of nitrogens with one attached hydrogen (secondary N) is 1. The van der Waals surface area contributed by atoms with Gasteiger partial charge in [-0.2, -0.15) is 0 Å². The highest BCUT2D eigenvalue weighted by Gasteiger charge is 2.30. The van der Waals surface area contributed by atoms with Gasteiger partial charge in [0.2, 0.25) is 0 Å². The number of amidine groups is 1. The molecule has 1 aromatic carbocycles. The Balaban J connectivity index is 1.84. The number of benzene rings is 1. The molecule has 0 unspecified atom stereocenters. The van der Waals surface area contributed by atoms with Crippen molar-refractivity contribution in [2.24, 2.45) is 4.99 Å². The monoisotopic (exact) mass is 200 g/mol. The topological polar surface area (TPSA) is 24.4 Å². The Morgan fingerprint density at radius 1 is 1.07 bits per heavy atom. The lowest BCUT2D eigenvalue weighted by Crippen LogP contribution is -2.36. The first kappa shape index (κ1) is 8.96. The first-order valence-corrected chi connectivity index (χ1v) is 5.83. The Hall–Kier alpha value is -1.31. The zero-order chi connectivity index (χ0) is 10.1. The maximum Gasteiger partial charge on any atom is 0.128 e. The van der Waals surface area contributed by atoms with Crippen molar-refractivity contribution in [1.29, 1.82) is 0 Å². The number of nitrogens with zero attached hydrogens (tertiary/aromatic N) is 1. The van der Waals surface area contributed by atoms with Gasteiger partial charge in [-0.1, -0.05) is 43.2 Å². The van der Waals surface area contributed by atoms with Crippen molar-refractivity contribution in [1.82, 2.24) is 5.32 Å². The molecule has 1 fully saturated rings. The molecule has 1 heterocycles. The first-order chi connectivity index (χ1) is 7.43. The number of fused-ring (bicyclic) bond motifs is 1. The number of rotatable bonds is 1.